The van der Waals surface area contributed by atoms with Crippen LogP contribution in [-0.2, 0) is 20.0 Å². The molecular weight excluding hydrogens is 452 g/mol. The van der Waals surface area contributed by atoms with E-state index < -0.39 is 32.2 Å². The largest absolute Gasteiger partial charge is 0.487 e. The molecule has 8 nitrogen and oxygen atoms in total. The number of benzene rings is 1. The molecule has 3 rings (SSSR count). The Morgan fingerprint density at radius 3 is 2.62 bits per heavy atom. The van der Waals surface area contributed by atoms with Gasteiger partial charge in [0.05, 0.1) is 19.4 Å². The summed E-state index contributed by atoms with van der Waals surface area (Å²) < 4.78 is 59.8. The molecule has 0 saturated heterocycles. The van der Waals surface area contributed by atoms with Crippen molar-refractivity contribution < 1.29 is 26.7 Å². The number of rotatable bonds is 6. The number of aliphatic hydroxyl groups is 1. The van der Waals surface area contributed by atoms with E-state index in [9.17, 15) is 21.9 Å². The zero-order chi connectivity index (χ0) is 23.7. The summed E-state index contributed by atoms with van der Waals surface area (Å²) >= 11 is 0. The maximum Gasteiger partial charge on any atom is 0.247 e. The Hall–Kier alpha value is -1.46. The van der Waals surface area contributed by atoms with Crippen molar-refractivity contribution >= 4 is 25.6 Å². The summed E-state index contributed by atoms with van der Waals surface area (Å²) in [4.78, 5) is 0.0388. The molecule has 1 heterocycles. The van der Waals surface area contributed by atoms with Gasteiger partial charge >= 0.3 is 0 Å². The Morgan fingerprint density at radius 1 is 1.31 bits per heavy atom. The smallest absolute Gasteiger partial charge is 0.247 e. The Balaban J connectivity index is 2.11. The van der Waals surface area contributed by atoms with Crippen LogP contribution < -0.4 is 4.74 Å². The first kappa shape index (κ1) is 25.2. The third-order valence-corrected chi connectivity index (χ3v) is 9.63. The van der Waals surface area contributed by atoms with E-state index in [1.165, 1.54) is 21.2 Å². The molecule has 1 aromatic carbocycles. The lowest BCUT2D eigenvalue weighted by Crippen LogP contribution is -2.50. The summed E-state index contributed by atoms with van der Waals surface area (Å²) in [6.45, 7) is 3.38. The summed E-state index contributed by atoms with van der Waals surface area (Å²) in [5.74, 6) is -0.0868. The molecule has 180 valence electrons. The van der Waals surface area contributed by atoms with Crippen LogP contribution in [0.4, 0.5) is 0 Å². The maximum absolute atomic E-state index is 13.5. The maximum atomic E-state index is 13.5. The summed E-state index contributed by atoms with van der Waals surface area (Å²) in [7, 11) is -5.87. The van der Waals surface area contributed by atoms with E-state index in [0.717, 1.165) is 37.5 Å². The number of allylic oxidation sites excluding steroid dienone is 2. The van der Waals surface area contributed by atoms with Gasteiger partial charge in [0, 0.05) is 25.6 Å². The van der Waals surface area contributed by atoms with Crippen molar-refractivity contribution in [1.29, 1.82) is 0 Å². The first-order valence-electron chi connectivity index (χ1n) is 11.0. The van der Waals surface area contributed by atoms with Gasteiger partial charge in [0.15, 0.2) is 0 Å². The van der Waals surface area contributed by atoms with Crippen molar-refractivity contribution in [2.75, 3.05) is 33.0 Å². The van der Waals surface area contributed by atoms with Gasteiger partial charge in [0.25, 0.3) is 0 Å². The lowest BCUT2D eigenvalue weighted by atomic mass is 9.93. The molecule has 1 N–H and O–H groups in total. The average molecular weight is 487 g/mol. The van der Waals surface area contributed by atoms with Gasteiger partial charge in [0.1, 0.15) is 16.7 Å². The van der Waals surface area contributed by atoms with Gasteiger partial charge in [0.2, 0.25) is 20.0 Å². The molecule has 0 spiro atoms. The molecule has 10 heteroatoms. The van der Waals surface area contributed by atoms with Crippen LogP contribution in [0.1, 0.15) is 45.1 Å². The van der Waals surface area contributed by atoms with Crippen LogP contribution in [0.5, 0.6) is 5.75 Å². The van der Waals surface area contributed by atoms with Crippen molar-refractivity contribution in [1.82, 2.24) is 8.61 Å². The zero-order valence-corrected chi connectivity index (χ0v) is 20.8. The summed E-state index contributed by atoms with van der Waals surface area (Å²) in [6, 6.07) is 4.51. The van der Waals surface area contributed by atoms with E-state index in [2.05, 4.69) is 6.08 Å². The Morgan fingerprint density at radius 2 is 2.03 bits per heavy atom. The minimum absolute atomic E-state index is 0.0388. The number of hydrogen-bond donors (Lipinski definition) is 1. The molecule has 0 aromatic heterocycles. The molecule has 1 aromatic rings. The monoisotopic (exact) mass is 486 g/mol. The highest BCUT2D eigenvalue weighted by atomic mass is 32.2. The number of likely N-dealkylation sites (N-methyl/N-ethyl adjacent to an activating group) is 1. The van der Waals surface area contributed by atoms with Gasteiger partial charge in [-0.25, -0.2) is 21.1 Å². The lowest BCUT2D eigenvalue weighted by molar-refractivity contribution is 0.0905. The molecule has 32 heavy (non-hydrogen) atoms. The fourth-order valence-electron chi connectivity index (χ4n) is 4.13. The highest BCUT2D eigenvalue weighted by Gasteiger charge is 2.38. The SMILES string of the molecule is C[C@H](CO)N1C[C@H](C)[C@@H](CN(C)S(C)(=O)=O)Oc2cc(C3=CCCCC3)ccc2S1(=O)=O. The standard InChI is InChI=1S/C22H34N2O6S2/c1-16-13-24(17(2)15-25)32(28,29)22-11-10-19(18-8-6-5-7-9-18)12-20(22)30-21(16)14-23(3)31(4,26)27/h8,10-12,16-17,21,25H,5-7,9,13-15H2,1-4H3/t16-,17+,21+/m0/s1. The lowest BCUT2D eigenvalue weighted by Gasteiger charge is -2.37. The molecule has 3 atom stereocenters. The number of ether oxygens (including phenoxy) is 1. The summed E-state index contributed by atoms with van der Waals surface area (Å²) in [5.41, 5.74) is 2.09. The van der Waals surface area contributed by atoms with E-state index in [-0.39, 0.29) is 36.3 Å². The quantitative estimate of drug-likeness (QED) is 0.662. The van der Waals surface area contributed by atoms with E-state index >= 15 is 0 Å². The Bertz CT molecular complexity index is 1070. The molecule has 0 unspecified atom stereocenters. The van der Waals surface area contributed by atoms with Crippen molar-refractivity contribution in [2.24, 2.45) is 5.92 Å². The van der Waals surface area contributed by atoms with Gasteiger partial charge in [-0.15, -0.1) is 0 Å². The first-order valence-corrected chi connectivity index (χ1v) is 14.3. The summed E-state index contributed by atoms with van der Waals surface area (Å²) in [6.07, 6.45) is 6.90. The van der Waals surface area contributed by atoms with Crippen LogP contribution in [-0.4, -0.2) is 75.7 Å². The van der Waals surface area contributed by atoms with Crippen LogP contribution in [0.2, 0.25) is 0 Å². The topological polar surface area (TPSA) is 104 Å². The third-order valence-electron chi connectivity index (χ3n) is 6.33. The second-order valence-corrected chi connectivity index (χ2v) is 12.9. The number of hydrogen-bond acceptors (Lipinski definition) is 6. The number of sulfonamides is 2. The molecule has 0 bridgehead atoms. The predicted octanol–water partition coefficient (Wildman–Crippen LogP) is 2.30. The molecule has 2 aliphatic rings. The van der Waals surface area contributed by atoms with Crippen molar-refractivity contribution in [3.8, 4) is 5.75 Å². The van der Waals surface area contributed by atoms with Gasteiger partial charge in [-0.2, -0.15) is 4.31 Å². The Labute approximate surface area is 192 Å². The molecule has 0 amide bonds. The minimum atomic E-state index is -3.92. The van der Waals surface area contributed by atoms with Crippen LogP contribution in [0.25, 0.3) is 5.57 Å². The van der Waals surface area contributed by atoms with E-state index in [4.69, 9.17) is 4.74 Å². The molecule has 0 radical (unpaired) electrons. The summed E-state index contributed by atoms with van der Waals surface area (Å²) in [5, 5.41) is 9.72. The molecule has 0 fully saturated rings. The van der Waals surface area contributed by atoms with Crippen LogP contribution in [0, 0.1) is 5.92 Å². The molecule has 0 saturated carbocycles. The normalized spacial score (nSPS) is 25.2. The fraction of sp³-hybridized carbons (Fsp3) is 0.636. The van der Waals surface area contributed by atoms with E-state index in [0.29, 0.717) is 0 Å². The second kappa shape index (κ2) is 9.80. The minimum Gasteiger partial charge on any atom is -0.487 e. The first-order chi connectivity index (χ1) is 14.9. The second-order valence-electron chi connectivity index (χ2n) is 8.92. The highest BCUT2D eigenvalue weighted by molar-refractivity contribution is 7.89. The number of nitrogens with zero attached hydrogens (tertiary/aromatic N) is 2. The zero-order valence-electron chi connectivity index (χ0n) is 19.2. The third kappa shape index (κ3) is 5.36. The van der Waals surface area contributed by atoms with E-state index in [1.54, 1.807) is 25.1 Å². The van der Waals surface area contributed by atoms with Crippen LogP contribution >= 0.6 is 0 Å². The fourth-order valence-corrected chi connectivity index (χ4v) is 6.38. The van der Waals surface area contributed by atoms with Gasteiger partial charge in [-0.3, -0.25) is 0 Å². The van der Waals surface area contributed by atoms with Crippen molar-refractivity contribution in [3.63, 3.8) is 0 Å². The molecule has 1 aliphatic carbocycles. The van der Waals surface area contributed by atoms with Gasteiger partial charge in [-0.1, -0.05) is 19.1 Å². The van der Waals surface area contributed by atoms with Crippen LogP contribution in [0.15, 0.2) is 29.2 Å². The molecule has 1 aliphatic heterocycles. The molecular formula is C22H34N2O6S2. The van der Waals surface area contributed by atoms with Crippen LogP contribution in [0.3, 0.4) is 0 Å². The highest BCUT2D eigenvalue weighted by Crippen LogP contribution is 2.37. The van der Waals surface area contributed by atoms with Gasteiger partial charge < -0.3 is 9.84 Å². The Kier molecular flexibility index (Phi) is 7.71. The van der Waals surface area contributed by atoms with E-state index in [1.807, 2.05) is 6.92 Å². The van der Waals surface area contributed by atoms with Gasteiger partial charge in [-0.05, 0) is 55.9 Å². The number of aliphatic hydroxyl groups excluding tert-OH is 1. The average Bonchev–Trinajstić information content (AvgIpc) is 2.75. The predicted molar refractivity (Wildman–Crippen MR) is 124 cm³/mol. The van der Waals surface area contributed by atoms with Crippen molar-refractivity contribution in [2.45, 2.75) is 56.6 Å². The van der Waals surface area contributed by atoms with Crippen molar-refractivity contribution in [3.05, 3.63) is 29.8 Å². The number of fused-ring (bicyclic) bond motifs is 1.